The van der Waals surface area contributed by atoms with Crippen molar-refractivity contribution in [2.24, 2.45) is 0 Å². The maximum Gasteiger partial charge on any atom is 0.228 e. The number of benzene rings is 1. The van der Waals surface area contributed by atoms with E-state index in [1.165, 1.54) is 12.1 Å². The maximum atomic E-state index is 13.8. The van der Waals surface area contributed by atoms with Crippen molar-refractivity contribution < 1.29 is 9.18 Å². The number of nitrogens with zero attached hydrogens (tertiary/aromatic N) is 3. The van der Waals surface area contributed by atoms with Gasteiger partial charge in [-0.2, -0.15) is 15.8 Å². The molecule has 1 amide bonds. The Morgan fingerprint density at radius 3 is 2.55 bits per heavy atom. The Morgan fingerprint density at radius 2 is 1.95 bits per heavy atom. The van der Waals surface area contributed by atoms with Crippen molar-refractivity contribution in [1.82, 2.24) is 0 Å². The van der Waals surface area contributed by atoms with Crippen molar-refractivity contribution in [3.05, 3.63) is 34.8 Å². The summed E-state index contributed by atoms with van der Waals surface area (Å²) in [5.41, 5.74) is 0.0630. The monoisotopic (exact) mass is 267 g/mol. The minimum atomic E-state index is -0.678. The molecule has 1 aliphatic rings. The number of halogens is 1. The highest BCUT2D eigenvalue weighted by Gasteiger charge is 2.20. The van der Waals surface area contributed by atoms with Crippen LogP contribution in [0.25, 0.3) is 0 Å². The molecule has 96 valence electrons. The third-order valence-electron chi connectivity index (χ3n) is 2.66. The first-order valence-electron chi connectivity index (χ1n) is 5.43. The van der Waals surface area contributed by atoms with E-state index in [9.17, 15) is 9.18 Å². The summed E-state index contributed by atoms with van der Waals surface area (Å²) in [5.74, 6) is -0.925. The van der Waals surface area contributed by atoms with Gasteiger partial charge in [-0.3, -0.25) is 4.79 Å². The van der Waals surface area contributed by atoms with Crippen LogP contribution in [0.4, 0.5) is 15.8 Å². The second kappa shape index (κ2) is 5.09. The average molecular weight is 267 g/mol. The number of carbonyl (C=O) groups excluding carboxylic acids is 1. The lowest BCUT2D eigenvalue weighted by Gasteiger charge is -2.08. The fourth-order valence-corrected chi connectivity index (χ4v) is 1.76. The number of anilines is 2. The Balaban J connectivity index is 2.42. The van der Waals surface area contributed by atoms with E-state index >= 15 is 0 Å². The molecule has 2 rings (SSSR count). The first-order chi connectivity index (χ1) is 9.58. The maximum absolute atomic E-state index is 13.8. The molecule has 1 heterocycles. The third-order valence-corrected chi connectivity index (χ3v) is 2.66. The molecule has 0 radical (unpaired) electrons. The second-order valence-electron chi connectivity index (χ2n) is 3.92. The van der Waals surface area contributed by atoms with Crippen LogP contribution in [0.2, 0.25) is 0 Å². The molecule has 0 unspecified atom stereocenters. The summed E-state index contributed by atoms with van der Waals surface area (Å²) in [6.07, 6.45) is 0.0924. The quantitative estimate of drug-likeness (QED) is 0.789. The first-order valence-corrected chi connectivity index (χ1v) is 5.43. The highest BCUT2D eigenvalue weighted by Crippen LogP contribution is 2.29. The highest BCUT2D eigenvalue weighted by atomic mass is 19.1. The zero-order valence-corrected chi connectivity index (χ0v) is 9.99. The van der Waals surface area contributed by atoms with Gasteiger partial charge in [0.15, 0.2) is 5.57 Å². The third kappa shape index (κ3) is 2.27. The van der Waals surface area contributed by atoms with Crippen molar-refractivity contribution in [2.45, 2.75) is 6.42 Å². The van der Waals surface area contributed by atoms with E-state index in [2.05, 4.69) is 10.6 Å². The Kier molecular flexibility index (Phi) is 3.33. The Labute approximate surface area is 113 Å². The van der Waals surface area contributed by atoms with E-state index in [4.69, 9.17) is 15.8 Å². The molecule has 0 aromatic heterocycles. The summed E-state index contributed by atoms with van der Waals surface area (Å²) in [4.78, 5) is 11.2. The fraction of sp³-hybridized carbons (Fsp3) is 0.0769. The molecule has 0 saturated carbocycles. The van der Waals surface area contributed by atoms with E-state index in [0.717, 1.165) is 0 Å². The molecule has 20 heavy (non-hydrogen) atoms. The van der Waals surface area contributed by atoms with Crippen LogP contribution in [0, 0.1) is 39.8 Å². The Morgan fingerprint density at radius 1 is 1.25 bits per heavy atom. The summed E-state index contributed by atoms with van der Waals surface area (Å²) in [6.45, 7) is 0. The lowest BCUT2D eigenvalue weighted by Crippen LogP contribution is -2.04. The molecule has 0 saturated heterocycles. The molecule has 0 bridgehead atoms. The van der Waals surface area contributed by atoms with Crippen molar-refractivity contribution >= 4 is 17.3 Å². The number of nitrogens with one attached hydrogen (secondary N) is 2. The molecule has 1 aliphatic heterocycles. The lowest BCUT2D eigenvalue weighted by atomic mass is 10.1. The van der Waals surface area contributed by atoms with Crippen LogP contribution >= 0.6 is 0 Å². The predicted octanol–water partition coefficient (Wildman–Crippen LogP) is 1.56. The number of allylic oxidation sites excluding steroid dienone is 2. The molecular formula is C13H6FN5O. The summed E-state index contributed by atoms with van der Waals surface area (Å²) in [7, 11) is 0. The van der Waals surface area contributed by atoms with E-state index < -0.39 is 11.4 Å². The molecule has 6 nitrogen and oxygen atoms in total. The van der Waals surface area contributed by atoms with Crippen molar-refractivity contribution in [1.29, 1.82) is 15.8 Å². The van der Waals surface area contributed by atoms with Crippen molar-refractivity contribution in [3.63, 3.8) is 0 Å². The molecule has 0 aliphatic carbocycles. The summed E-state index contributed by atoms with van der Waals surface area (Å²) in [6, 6.07) is 7.20. The summed E-state index contributed by atoms with van der Waals surface area (Å²) in [5, 5.41) is 31.2. The number of amides is 1. The van der Waals surface area contributed by atoms with Crippen molar-refractivity contribution in [2.75, 3.05) is 10.6 Å². The van der Waals surface area contributed by atoms with Gasteiger partial charge in [-0.1, -0.05) is 0 Å². The molecule has 0 fully saturated rings. The number of hydrogen-bond acceptors (Lipinski definition) is 5. The topological polar surface area (TPSA) is 112 Å². The van der Waals surface area contributed by atoms with Gasteiger partial charge in [-0.25, -0.2) is 4.39 Å². The Bertz CT molecular complexity index is 745. The van der Waals surface area contributed by atoms with Crippen LogP contribution in [0.3, 0.4) is 0 Å². The Hall–Kier alpha value is -3.37. The van der Waals surface area contributed by atoms with Gasteiger partial charge < -0.3 is 10.6 Å². The number of fused-ring (bicyclic) bond motifs is 1. The van der Waals surface area contributed by atoms with E-state index in [1.807, 2.05) is 0 Å². The number of nitriles is 3. The van der Waals surface area contributed by atoms with Gasteiger partial charge in [-0.15, -0.1) is 0 Å². The van der Waals surface area contributed by atoms with Gasteiger partial charge in [0.1, 0.15) is 29.7 Å². The summed E-state index contributed by atoms with van der Waals surface area (Å²) < 4.78 is 13.8. The van der Waals surface area contributed by atoms with Gasteiger partial charge in [-0.05, 0) is 17.7 Å². The summed E-state index contributed by atoms with van der Waals surface area (Å²) >= 11 is 0. The zero-order valence-electron chi connectivity index (χ0n) is 9.99. The minimum Gasteiger partial charge on any atom is -0.343 e. The van der Waals surface area contributed by atoms with Gasteiger partial charge in [0, 0.05) is 5.69 Å². The first kappa shape index (κ1) is 13.1. The predicted molar refractivity (Wildman–Crippen MR) is 66.2 cm³/mol. The van der Waals surface area contributed by atoms with Crippen LogP contribution < -0.4 is 10.6 Å². The lowest BCUT2D eigenvalue weighted by molar-refractivity contribution is -0.115. The molecule has 0 spiro atoms. The molecule has 7 heteroatoms. The second-order valence-corrected chi connectivity index (χ2v) is 3.92. The van der Waals surface area contributed by atoms with E-state index in [0.29, 0.717) is 11.3 Å². The fourth-order valence-electron chi connectivity index (χ4n) is 1.76. The van der Waals surface area contributed by atoms with Crippen LogP contribution in [0.15, 0.2) is 23.4 Å². The van der Waals surface area contributed by atoms with Gasteiger partial charge in [0.05, 0.1) is 12.1 Å². The normalized spacial score (nSPS) is 11.4. The molecule has 2 N–H and O–H groups in total. The number of rotatable bonds is 2. The molecule has 1 aromatic carbocycles. The minimum absolute atomic E-state index is 0.0921. The SMILES string of the molecule is N#CC(C#N)=C(C#N)Nc1cc2c(cc1F)CC(=O)N2. The highest BCUT2D eigenvalue weighted by molar-refractivity contribution is 5.99. The standard InChI is InChI=1S/C13H6FN5O/c14-9-1-7-2-13(20)19-10(7)3-11(9)18-12(6-17)8(4-15)5-16/h1,3,18H,2H2,(H,19,20). The average Bonchev–Trinajstić information content (AvgIpc) is 2.78. The zero-order chi connectivity index (χ0) is 14.7. The number of hydrogen-bond donors (Lipinski definition) is 2. The molecule has 1 aromatic rings. The van der Waals surface area contributed by atoms with Crippen LogP contribution in [-0.4, -0.2) is 5.91 Å². The number of carbonyl (C=O) groups is 1. The molecular weight excluding hydrogens is 261 g/mol. The van der Waals surface area contributed by atoms with E-state index in [-0.39, 0.29) is 23.7 Å². The van der Waals surface area contributed by atoms with Gasteiger partial charge in [0.2, 0.25) is 5.91 Å². The smallest absolute Gasteiger partial charge is 0.228 e. The van der Waals surface area contributed by atoms with Gasteiger partial charge >= 0.3 is 0 Å². The van der Waals surface area contributed by atoms with Crippen LogP contribution in [0.5, 0.6) is 0 Å². The van der Waals surface area contributed by atoms with E-state index in [1.54, 1.807) is 18.2 Å². The molecule has 0 atom stereocenters. The van der Waals surface area contributed by atoms with Crippen LogP contribution in [-0.2, 0) is 11.2 Å². The van der Waals surface area contributed by atoms with Crippen LogP contribution in [0.1, 0.15) is 5.56 Å². The van der Waals surface area contributed by atoms with Crippen molar-refractivity contribution in [3.8, 4) is 18.2 Å². The van der Waals surface area contributed by atoms with Gasteiger partial charge in [0.25, 0.3) is 0 Å². The largest absolute Gasteiger partial charge is 0.343 e.